The molecule has 1 amide bonds. The number of nitrogens with one attached hydrogen (secondary N) is 2. The standard InChI is InChI=1S/C19H17N7O3S2/c1-2-26-17(22-24-25-26)13-4-3-5-14(12-13)18(27)21-15-6-8-16(9-7-15)31(28,29)23-19-20-10-11-30-19/h3-12H,2H2,1H3,(H,20,23)(H,21,27). The molecule has 0 fully saturated rings. The van der Waals surface area contributed by atoms with Crippen LogP contribution >= 0.6 is 11.3 Å². The summed E-state index contributed by atoms with van der Waals surface area (Å²) in [5.41, 5.74) is 1.60. The van der Waals surface area contributed by atoms with Crippen LogP contribution in [0.3, 0.4) is 0 Å². The first-order chi connectivity index (χ1) is 15.0. The van der Waals surface area contributed by atoms with Crippen LogP contribution in [0.1, 0.15) is 17.3 Å². The van der Waals surface area contributed by atoms with Gasteiger partial charge in [0.15, 0.2) is 11.0 Å². The van der Waals surface area contributed by atoms with E-state index in [1.165, 1.54) is 41.8 Å². The van der Waals surface area contributed by atoms with Crippen LogP contribution in [0.2, 0.25) is 0 Å². The van der Waals surface area contributed by atoms with Gasteiger partial charge in [0, 0.05) is 34.9 Å². The number of amides is 1. The molecule has 2 N–H and O–H groups in total. The normalized spacial score (nSPS) is 11.3. The van der Waals surface area contributed by atoms with Gasteiger partial charge in [-0.15, -0.1) is 16.4 Å². The smallest absolute Gasteiger partial charge is 0.263 e. The van der Waals surface area contributed by atoms with Crippen LogP contribution in [-0.2, 0) is 16.6 Å². The summed E-state index contributed by atoms with van der Waals surface area (Å²) in [6, 6.07) is 12.8. The number of hydrogen-bond donors (Lipinski definition) is 2. The topological polar surface area (TPSA) is 132 Å². The van der Waals surface area contributed by atoms with E-state index in [9.17, 15) is 13.2 Å². The molecular formula is C19H17N7O3S2. The Hall–Kier alpha value is -3.64. The number of aromatic nitrogens is 5. The molecule has 2 heterocycles. The third-order valence-electron chi connectivity index (χ3n) is 4.29. The monoisotopic (exact) mass is 455 g/mol. The number of thiazole rings is 1. The maximum Gasteiger partial charge on any atom is 0.263 e. The van der Waals surface area contributed by atoms with Crippen molar-refractivity contribution in [1.82, 2.24) is 25.2 Å². The Kier molecular flexibility index (Phi) is 5.73. The number of benzene rings is 2. The molecule has 2 aromatic carbocycles. The molecule has 0 unspecified atom stereocenters. The van der Waals surface area contributed by atoms with Gasteiger partial charge in [-0.3, -0.25) is 9.52 Å². The molecule has 0 saturated heterocycles. The van der Waals surface area contributed by atoms with Gasteiger partial charge in [0.1, 0.15) is 0 Å². The largest absolute Gasteiger partial charge is 0.322 e. The van der Waals surface area contributed by atoms with Gasteiger partial charge in [0.05, 0.1) is 4.90 Å². The lowest BCUT2D eigenvalue weighted by Crippen LogP contribution is -2.14. The van der Waals surface area contributed by atoms with E-state index in [2.05, 4.69) is 30.5 Å². The SMILES string of the molecule is CCn1nnnc1-c1cccc(C(=O)Nc2ccc(S(=O)(=O)Nc3nccs3)cc2)c1. The van der Waals surface area contributed by atoms with Crippen LogP contribution in [0, 0.1) is 0 Å². The first-order valence-corrected chi connectivity index (χ1v) is 11.5. The fourth-order valence-corrected chi connectivity index (χ4v) is 4.58. The number of sulfonamides is 1. The molecule has 158 valence electrons. The van der Waals surface area contributed by atoms with Gasteiger partial charge in [0.2, 0.25) is 0 Å². The van der Waals surface area contributed by atoms with Gasteiger partial charge < -0.3 is 5.32 Å². The second-order valence-electron chi connectivity index (χ2n) is 6.32. The number of nitrogens with zero attached hydrogens (tertiary/aromatic N) is 5. The highest BCUT2D eigenvalue weighted by Crippen LogP contribution is 2.21. The van der Waals surface area contributed by atoms with Gasteiger partial charge in [-0.1, -0.05) is 12.1 Å². The zero-order valence-corrected chi connectivity index (χ0v) is 17.9. The molecule has 0 aliphatic carbocycles. The molecule has 0 aliphatic heterocycles. The zero-order chi connectivity index (χ0) is 21.8. The molecule has 0 atom stereocenters. The molecular weight excluding hydrogens is 438 g/mol. The Bertz CT molecular complexity index is 1300. The summed E-state index contributed by atoms with van der Waals surface area (Å²) in [4.78, 5) is 16.7. The van der Waals surface area contributed by atoms with E-state index < -0.39 is 10.0 Å². The average Bonchev–Trinajstić information content (AvgIpc) is 3.45. The molecule has 31 heavy (non-hydrogen) atoms. The van der Waals surface area contributed by atoms with Crippen LogP contribution in [0.15, 0.2) is 65.0 Å². The zero-order valence-electron chi connectivity index (χ0n) is 16.3. The maximum atomic E-state index is 12.7. The van der Waals surface area contributed by atoms with Crippen molar-refractivity contribution in [3.63, 3.8) is 0 Å². The summed E-state index contributed by atoms with van der Waals surface area (Å²) in [6.45, 7) is 2.53. The summed E-state index contributed by atoms with van der Waals surface area (Å²) in [7, 11) is -3.75. The van der Waals surface area contributed by atoms with Gasteiger partial charge in [0.25, 0.3) is 15.9 Å². The van der Waals surface area contributed by atoms with Crippen molar-refractivity contribution < 1.29 is 13.2 Å². The fraction of sp³-hybridized carbons (Fsp3) is 0.105. The Morgan fingerprint density at radius 3 is 2.68 bits per heavy atom. The molecule has 2 aromatic heterocycles. The Morgan fingerprint density at radius 1 is 1.16 bits per heavy atom. The number of hydrogen-bond acceptors (Lipinski definition) is 8. The van der Waals surface area contributed by atoms with E-state index in [1.54, 1.807) is 28.3 Å². The molecule has 0 saturated carbocycles. The van der Waals surface area contributed by atoms with Gasteiger partial charge in [-0.25, -0.2) is 18.1 Å². The van der Waals surface area contributed by atoms with Gasteiger partial charge in [-0.05, 0) is 53.7 Å². The maximum absolute atomic E-state index is 12.7. The summed E-state index contributed by atoms with van der Waals surface area (Å²) in [5.74, 6) is 0.230. The minimum atomic E-state index is -3.75. The number of aryl methyl sites for hydroxylation is 1. The first kappa shape index (κ1) is 20.6. The van der Waals surface area contributed by atoms with E-state index >= 15 is 0 Å². The predicted octanol–water partition coefficient (Wildman–Crippen LogP) is 2.87. The highest BCUT2D eigenvalue weighted by Gasteiger charge is 2.16. The molecule has 0 spiro atoms. The number of anilines is 2. The van der Waals surface area contributed by atoms with Crippen LogP contribution in [-0.4, -0.2) is 39.5 Å². The number of carbonyl (C=O) groups is 1. The molecule has 0 aliphatic rings. The van der Waals surface area contributed by atoms with E-state index in [1.807, 2.05) is 13.0 Å². The third kappa shape index (κ3) is 4.59. The lowest BCUT2D eigenvalue weighted by Gasteiger charge is -2.09. The Balaban J connectivity index is 1.49. The molecule has 4 aromatic rings. The van der Waals surface area contributed by atoms with Crippen LogP contribution < -0.4 is 10.0 Å². The Morgan fingerprint density at radius 2 is 1.97 bits per heavy atom. The van der Waals surface area contributed by atoms with Crippen LogP contribution in [0.4, 0.5) is 10.8 Å². The molecule has 10 nitrogen and oxygen atoms in total. The van der Waals surface area contributed by atoms with E-state index in [0.29, 0.717) is 29.2 Å². The summed E-state index contributed by atoms with van der Waals surface area (Å²) < 4.78 is 28.9. The van der Waals surface area contributed by atoms with Crippen molar-refractivity contribution >= 4 is 38.1 Å². The van der Waals surface area contributed by atoms with Crippen LogP contribution in [0.5, 0.6) is 0 Å². The number of tetrazole rings is 1. The first-order valence-electron chi connectivity index (χ1n) is 9.16. The molecule has 0 radical (unpaired) electrons. The summed E-state index contributed by atoms with van der Waals surface area (Å²) in [5, 5.41) is 16.3. The third-order valence-corrected chi connectivity index (χ3v) is 6.46. The minimum absolute atomic E-state index is 0.0640. The highest BCUT2D eigenvalue weighted by atomic mass is 32.2. The lowest BCUT2D eigenvalue weighted by atomic mass is 10.1. The van der Waals surface area contributed by atoms with Gasteiger partial charge >= 0.3 is 0 Å². The van der Waals surface area contributed by atoms with E-state index in [4.69, 9.17) is 0 Å². The van der Waals surface area contributed by atoms with Crippen molar-refractivity contribution in [2.24, 2.45) is 0 Å². The summed E-state index contributed by atoms with van der Waals surface area (Å²) in [6.07, 6.45) is 1.51. The second kappa shape index (κ2) is 8.62. The highest BCUT2D eigenvalue weighted by molar-refractivity contribution is 7.93. The second-order valence-corrected chi connectivity index (χ2v) is 8.90. The van der Waals surface area contributed by atoms with Crippen molar-refractivity contribution in [2.75, 3.05) is 10.0 Å². The average molecular weight is 456 g/mol. The predicted molar refractivity (Wildman–Crippen MR) is 116 cm³/mol. The van der Waals surface area contributed by atoms with Crippen molar-refractivity contribution in [2.45, 2.75) is 18.4 Å². The lowest BCUT2D eigenvalue weighted by molar-refractivity contribution is 0.102. The number of rotatable bonds is 7. The van der Waals surface area contributed by atoms with Crippen molar-refractivity contribution in [3.8, 4) is 11.4 Å². The quantitative estimate of drug-likeness (QED) is 0.438. The van der Waals surface area contributed by atoms with E-state index in [-0.39, 0.29) is 15.9 Å². The van der Waals surface area contributed by atoms with E-state index in [0.717, 1.165) is 0 Å². The minimum Gasteiger partial charge on any atom is -0.322 e. The van der Waals surface area contributed by atoms with Crippen molar-refractivity contribution in [1.29, 1.82) is 0 Å². The van der Waals surface area contributed by atoms with Crippen LogP contribution in [0.25, 0.3) is 11.4 Å². The molecule has 4 rings (SSSR count). The molecule has 0 bridgehead atoms. The summed E-state index contributed by atoms with van der Waals surface area (Å²) >= 11 is 1.18. The molecule has 12 heteroatoms. The fourth-order valence-electron chi connectivity index (χ4n) is 2.79. The number of carbonyl (C=O) groups excluding carboxylic acids is 1. The van der Waals surface area contributed by atoms with Gasteiger partial charge in [-0.2, -0.15) is 0 Å². The Labute approximate surface area is 182 Å². The van der Waals surface area contributed by atoms with Crippen molar-refractivity contribution in [3.05, 3.63) is 65.7 Å².